The van der Waals surface area contributed by atoms with Crippen LogP contribution in [-0.4, -0.2) is 17.6 Å². The van der Waals surface area contributed by atoms with Crippen molar-refractivity contribution < 1.29 is 9.90 Å². The first-order chi connectivity index (χ1) is 9.66. The molecule has 0 radical (unpaired) electrons. The Bertz CT molecular complexity index is 579. The molecule has 2 N–H and O–H groups in total. The fourth-order valence-corrected chi connectivity index (χ4v) is 2.15. The molecule has 2 rings (SSSR count). The van der Waals surface area contributed by atoms with Gasteiger partial charge in [-0.2, -0.15) is 0 Å². The van der Waals surface area contributed by atoms with E-state index in [1.165, 1.54) is 5.56 Å². The highest BCUT2D eigenvalue weighted by atomic mass is 16.4. The average Bonchev–Trinajstić information content (AvgIpc) is 2.45. The third-order valence-corrected chi connectivity index (χ3v) is 3.21. The lowest BCUT2D eigenvalue weighted by Crippen LogP contribution is -2.08. The molecule has 0 heterocycles. The maximum absolute atomic E-state index is 11.2. The fourth-order valence-electron chi connectivity index (χ4n) is 2.15. The summed E-state index contributed by atoms with van der Waals surface area (Å²) >= 11 is 0. The van der Waals surface area contributed by atoms with E-state index < -0.39 is 5.97 Å². The molecule has 0 fully saturated rings. The molecule has 0 aliphatic carbocycles. The number of hydrogen-bond acceptors (Lipinski definition) is 2. The maximum Gasteiger partial charge on any atom is 0.337 e. The standard InChI is InChI=1S/C17H19NO2/c1-13-9-10-16(15(12-13)17(19)20)18-11-5-8-14-6-3-2-4-7-14/h2-4,6-7,9-10,12,18H,5,8,11H2,1H3,(H,19,20). The zero-order valence-electron chi connectivity index (χ0n) is 11.6. The van der Waals surface area contributed by atoms with Gasteiger partial charge in [-0.1, -0.05) is 42.0 Å². The Balaban J connectivity index is 1.90. The molecule has 0 aliphatic heterocycles. The van der Waals surface area contributed by atoms with Crippen LogP contribution in [0.25, 0.3) is 0 Å². The van der Waals surface area contributed by atoms with Gasteiger partial charge in [0.05, 0.1) is 5.56 Å². The summed E-state index contributed by atoms with van der Waals surface area (Å²) in [6.07, 6.45) is 1.96. The van der Waals surface area contributed by atoms with Crippen molar-refractivity contribution in [3.8, 4) is 0 Å². The summed E-state index contributed by atoms with van der Waals surface area (Å²) in [5.74, 6) is -0.890. The lowest BCUT2D eigenvalue weighted by atomic mass is 10.1. The molecule has 0 aliphatic rings. The first kappa shape index (κ1) is 14.1. The van der Waals surface area contributed by atoms with E-state index in [0.29, 0.717) is 11.3 Å². The van der Waals surface area contributed by atoms with Gasteiger partial charge in [-0.05, 0) is 37.5 Å². The second kappa shape index (κ2) is 6.75. The molecule has 0 saturated heterocycles. The van der Waals surface area contributed by atoms with Gasteiger partial charge in [-0.25, -0.2) is 4.79 Å². The number of carbonyl (C=O) groups is 1. The van der Waals surface area contributed by atoms with Gasteiger partial charge in [0, 0.05) is 12.2 Å². The number of aromatic carboxylic acids is 1. The van der Waals surface area contributed by atoms with Crippen LogP contribution in [0.15, 0.2) is 48.5 Å². The average molecular weight is 269 g/mol. The normalized spacial score (nSPS) is 10.2. The maximum atomic E-state index is 11.2. The van der Waals surface area contributed by atoms with Crippen molar-refractivity contribution in [3.63, 3.8) is 0 Å². The molecule has 3 nitrogen and oxygen atoms in total. The van der Waals surface area contributed by atoms with Crippen molar-refractivity contribution in [3.05, 3.63) is 65.2 Å². The van der Waals surface area contributed by atoms with Crippen LogP contribution < -0.4 is 5.32 Å². The van der Waals surface area contributed by atoms with Crippen LogP contribution in [-0.2, 0) is 6.42 Å². The van der Waals surface area contributed by atoms with E-state index in [1.807, 2.05) is 37.3 Å². The van der Waals surface area contributed by atoms with Crippen molar-refractivity contribution in [2.45, 2.75) is 19.8 Å². The van der Waals surface area contributed by atoms with Crippen molar-refractivity contribution >= 4 is 11.7 Å². The Hall–Kier alpha value is -2.29. The van der Waals surface area contributed by atoms with Gasteiger partial charge in [0.1, 0.15) is 0 Å². The first-order valence-electron chi connectivity index (χ1n) is 6.78. The molecule has 2 aromatic carbocycles. The number of carboxylic acid groups (broad SMARTS) is 1. The first-order valence-corrected chi connectivity index (χ1v) is 6.78. The van der Waals surface area contributed by atoms with Crippen molar-refractivity contribution in [2.24, 2.45) is 0 Å². The highest BCUT2D eigenvalue weighted by Gasteiger charge is 2.09. The molecule has 0 unspecified atom stereocenters. The van der Waals surface area contributed by atoms with Gasteiger partial charge in [0.25, 0.3) is 0 Å². The minimum absolute atomic E-state index is 0.338. The van der Waals surface area contributed by atoms with E-state index in [9.17, 15) is 9.90 Å². The predicted octanol–water partition coefficient (Wildman–Crippen LogP) is 3.74. The molecule has 0 spiro atoms. The molecule has 104 valence electrons. The van der Waals surface area contributed by atoms with E-state index in [-0.39, 0.29) is 0 Å². The minimum atomic E-state index is -0.890. The Morgan fingerprint density at radius 1 is 1.15 bits per heavy atom. The van der Waals surface area contributed by atoms with Gasteiger partial charge in [-0.3, -0.25) is 0 Å². The quantitative estimate of drug-likeness (QED) is 0.785. The Labute approximate surface area is 119 Å². The number of benzene rings is 2. The van der Waals surface area contributed by atoms with Crippen molar-refractivity contribution in [1.29, 1.82) is 0 Å². The number of hydrogen-bond donors (Lipinski definition) is 2. The summed E-state index contributed by atoms with van der Waals surface area (Å²) in [6.45, 7) is 2.66. The summed E-state index contributed by atoms with van der Waals surface area (Å²) in [5.41, 5.74) is 3.29. The second-order valence-electron chi connectivity index (χ2n) is 4.87. The minimum Gasteiger partial charge on any atom is -0.478 e. The molecule has 0 amide bonds. The molecule has 0 saturated carbocycles. The zero-order valence-corrected chi connectivity index (χ0v) is 11.6. The smallest absolute Gasteiger partial charge is 0.337 e. The topological polar surface area (TPSA) is 49.3 Å². The summed E-state index contributed by atoms with van der Waals surface area (Å²) in [4.78, 5) is 11.2. The van der Waals surface area contributed by atoms with Crippen LogP contribution in [0.4, 0.5) is 5.69 Å². The molecule has 0 aromatic heterocycles. The van der Waals surface area contributed by atoms with Crippen LogP contribution >= 0.6 is 0 Å². The predicted molar refractivity (Wildman–Crippen MR) is 81.4 cm³/mol. The summed E-state index contributed by atoms with van der Waals surface area (Å²) in [6, 6.07) is 15.7. The molecule has 0 atom stereocenters. The lowest BCUT2D eigenvalue weighted by Gasteiger charge is -2.10. The number of anilines is 1. The molecule has 3 heteroatoms. The highest BCUT2D eigenvalue weighted by molar-refractivity contribution is 5.94. The van der Waals surface area contributed by atoms with E-state index in [0.717, 1.165) is 24.9 Å². The van der Waals surface area contributed by atoms with E-state index in [1.54, 1.807) is 6.07 Å². The van der Waals surface area contributed by atoms with Crippen LogP contribution in [0.2, 0.25) is 0 Å². The number of aryl methyl sites for hydroxylation is 2. The van der Waals surface area contributed by atoms with E-state index >= 15 is 0 Å². The van der Waals surface area contributed by atoms with E-state index in [2.05, 4.69) is 17.4 Å². The van der Waals surface area contributed by atoms with Crippen molar-refractivity contribution in [1.82, 2.24) is 0 Å². The van der Waals surface area contributed by atoms with Gasteiger partial charge in [-0.15, -0.1) is 0 Å². The van der Waals surface area contributed by atoms with Crippen LogP contribution in [0, 0.1) is 6.92 Å². The van der Waals surface area contributed by atoms with Gasteiger partial charge < -0.3 is 10.4 Å². The van der Waals surface area contributed by atoms with Crippen molar-refractivity contribution in [2.75, 3.05) is 11.9 Å². The van der Waals surface area contributed by atoms with E-state index in [4.69, 9.17) is 0 Å². The van der Waals surface area contributed by atoms with Gasteiger partial charge in [0.15, 0.2) is 0 Å². The van der Waals surface area contributed by atoms with Crippen LogP contribution in [0.5, 0.6) is 0 Å². The molecule has 20 heavy (non-hydrogen) atoms. The van der Waals surface area contributed by atoms with Gasteiger partial charge >= 0.3 is 5.97 Å². The number of nitrogens with one attached hydrogen (secondary N) is 1. The van der Waals surface area contributed by atoms with Crippen LogP contribution in [0.3, 0.4) is 0 Å². The third kappa shape index (κ3) is 3.85. The third-order valence-electron chi connectivity index (χ3n) is 3.21. The molecule has 0 bridgehead atoms. The molecule has 2 aromatic rings. The Morgan fingerprint density at radius 3 is 2.60 bits per heavy atom. The molecular formula is C17H19NO2. The number of carboxylic acids is 1. The lowest BCUT2D eigenvalue weighted by molar-refractivity contribution is 0.0698. The van der Waals surface area contributed by atoms with Gasteiger partial charge in [0.2, 0.25) is 0 Å². The molecular weight excluding hydrogens is 250 g/mol. The van der Waals surface area contributed by atoms with Crippen LogP contribution in [0.1, 0.15) is 27.9 Å². The summed E-state index contributed by atoms with van der Waals surface area (Å²) < 4.78 is 0. The Kier molecular flexibility index (Phi) is 4.77. The largest absolute Gasteiger partial charge is 0.478 e. The number of rotatable bonds is 6. The zero-order chi connectivity index (χ0) is 14.4. The summed E-state index contributed by atoms with van der Waals surface area (Å²) in [5, 5.41) is 12.4. The Morgan fingerprint density at radius 2 is 1.90 bits per heavy atom. The SMILES string of the molecule is Cc1ccc(NCCCc2ccccc2)c(C(=O)O)c1. The summed E-state index contributed by atoms with van der Waals surface area (Å²) in [7, 11) is 0. The highest BCUT2D eigenvalue weighted by Crippen LogP contribution is 2.17. The monoisotopic (exact) mass is 269 g/mol. The second-order valence-corrected chi connectivity index (χ2v) is 4.87. The fraction of sp³-hybridized carbons (Fsp3) is 0.235.